The largest absolute Gasteiger partial charge is 0.497 e. The molecule has 2 aliphatic rings. The van der Waals surface area contributed by atoms with E-state index >= 15 is 0 Å². The van der Waals surface area contributed by atoms with Crippen LogP contribution in [0.3, 0.4) is 0 Å². The maximum absolute atomic E-state index is 13.1. The number of hydrogen-bond acceptors (Lipinski definition) is 7. The van der Waals surface area contributed by atoms with E-state index in [-0.39, 0.29) is 6.79 Å². The fourth-order valence-electron chi connectivity index (χ4n) is 5.47. The molecule has 0 bridgehead atoms. The summed E-state index contributed by atoms with van der Waals surface area (Å²) in [5.41, 5.74) is 3.98. The SMILES string of the molecule is CCCOc1ccc2c(c1)C(c1ccc(OC)cc1/C=C/C(=O)OC)C(C(=O)O)C2c1ccc2c(c1)OCO2. The molecule has 3 unspecified atom stereocenters. The lowest BCUT2D eigenvalue weighted by Gasteiger charge is -2.24. The van der Waals surface area contributed by atoms with Crippen molar-refractivity contribution in [1.82, 2.24) is 0 Å². The van der Waals surface area contributed by atoms with E-state index in [1.807, 2.05) is 49.4 Å². The van der Waals surface area contributed by atoms with Crippen molar-refractivity contribution in [3.63, 3.8) is 0 Å². The predicted octanol–water partition coefficient (Wildman–Crippen LogP) is 5.38. The molecule has 39 heavy (non-hydrogen) atoms. The van der Waals surface area contributed by atoms with Crippen molar-refractivity contribution >= 4 is 18.0 Å². The minimum atomic E-state index is -0.936. The Kier molecular flexibility index (Phi) is 7.45. The van der Waals surface area contributed by atoms with Crippen LogP contribution in [0.25, 0.3) is 6.08 Å². The van der Waals surface area contributed by atoms with Gasteiger partial charge in [0, 0.05) is 17.9 Å². The van der Waals surface area contributed by atoms with E-state index in [4.69, 9.17) is 23.7 Å². The first-order valence-electron chi connectivity index (χ1n) is 12.8. The Hall–Kier alpha value is -4.46. The first kappa shape index (κ1) is 26.2. The van der Waals surface area contributed by atoms with E-state index in [0.29, 0.717) is 35.2 Å². The van der Waals surface area contributed by atoms with Gasteiger partial charge in [0.1, 0.15) is 11.5 Å². The number of carbonyl (C=O) groups is 2. The second-order valence-corrected chi connectivity index (χ2v) is 9.42. The molecule has 1 N–H and O–H groups in total. The zero-order chi connectivity index (χ0) is 27.5. The van der Waals surface area contributed by atoms with Crippen LogP contribution in [0, 0.1) is 5.92 Å². The molecule has 1 heterocycles. The fourth-order valence-corrected chi connectivity index (χ4v) is 5.47. The number of fused-ring (bicyclic) bond motifs is 2. The average molecular weight is 531 g/mol. The van der Waals surface area contributed by atoms with Crippen LogP contribution < -0.4 is 18.9 Å². The Morgan fingerprint density at radius 3 is 2.44 bits per heavy atom. The summed E-state index contributed by atoms with van der Waals surface area (Å²) in [6.45, 7) is 2.71. The number of aliphatic carboxylic acids is 1. The minimum Gasteiger partial charge on any atom is -0.497 e. The third kappa shape index (κ3) is 5.02. The predicted molar refractivity (Wildman–Crippen MR) is 144 cm³/mol. The van der Waals surface area contributed by atoms with E-state index in [1.54, 1.807) is 25.3 Å². The third-order valence-electron chi connectivity index (χ3n) is 7.19. The lowest BCUT2D eigenvalue weighted by Crippen LogP contribution is -2.24. The van der Waals surface area contributed by atoms with Crippen LogP contribution in [0.2, 0.25) is 0 Å². The second-order valence-electron chi connectivity index (χ2n) is 9.42. The number of carboxylic acids is 1. The van der Waals surface area contributed by atoms with Crippen LogP contribution in [-0.2, 0) is 14.3 Å². The van der Waals surface area contributed by atoms with E-state index in [1.165, 1.54) is 13.2 Å². The van der Waals surface area contributed by atoms with Gasteiger partial charge in [-0.15, -0.1) is 0 Å². The molecule has 0 saturated heterocycles. The summed E-state index contributed by atoms with van der Waals surface area (Å²) in [5.74, 6) is -0.812. The topological polar surface area (TPSA) is 101 Å². The smallest absolute Gasteiger partial charge is 0.330 e. The molecule has 3 aromatic carbocycles. The molecule has 3 atom stereocenters. The lowest BCUT2D eigenvalue weighted by molar-refractivity contribution is -0.142. The van der Waals surface area contributed by atoms with Crippen molar-refractivity contribution < 1.29 is 38.4 Å². The van der Waals surface area contributed by atoms with Crippen molar-refractivity contribution in [3.8, 4) is 23.0 Å². The molecule has 1 aliphatic carbocycles. The minimum absolute atomic E-state index is 0.130. The molecule has 0 spiro atoms. The lowest BCUT2D eigenvalue weighted by atomic mass is 9.78. The summed E-state index contributed by atoms with van der Waals surface area (Å²) in [6.07, 6.45) is 3.80. The van der Waals surface area contributed by atoms with E-state index in [0.717, 1.165) is 28.7 Å². The molecule has 3 aromatic rings. The van der Waals surface area contributed by atoms with Crippen LogP contribution in [0.15, 0.2) is 60.7 Å². The molecule has 0 radical (unpaired) electrons. The van der Waals surface area contributed by atoms with E-state index in [9.17, 15) is 14.7 Å². The summed E-state index contributed by atoms with van der Waals surface area (Å²) in [4.78, 5) is 25.0. The molecule has 0 saturated carbocycles. The van der Waals surface area contributed by atoms with Gasteiger partial charge in [-0.2, -0.15) is 0 Å². The van der Waals surface area contributed by atoms with Gasteiger partial charge >= 0.3 is 11.9 Å². The Morgan fingerprint density at radius 1 is 0.923 bits per heavy atom. The van der Waals surface area contributed by atoms with Crippen LogP contribution in [-0.4, -0.2) is 44.7 Å². The van der Waals surface area contributed by atoms with Crippen LogP contribution in [0.5, 0.6) is 23.0 Å². The monoisotopic (exact) mass is 530 g/mol. The van der Waals surface area contributed by atoms with Gasteiger partial charge < -0.3 is 28.8 Å². The highest BCUT2D eigenvalue weighted by atomic mass is 16.7. The average Bonchev–Trinajstić information content (AvgIpc) is 3.56. The molecule has 5 rings (SSSR count). The van der Waals surface area contributed by atoms with E-state index in [2.05, 4.69) is 0 Å². The summed E-state index contributed by atoms with van der Waals surface area (Å²) in [5, 5.41) is 10.7. The highest BCUT2D eigenvalue weighted by Crippen LogP contribution is 2.55. The number of carbonyl (C=O) groups excluding carboxylic acids is 1. The van der Waals surface area contributed by atoms with E-state index < -0.39 is 29.7 Å². The summed E-state index contributed by atoms with van der Waals surface area (Å²) in [6, 6.07) is 16.8. The molecular weight excluding hydrogens is 500 g/mol. The van der Waals surface area contributed by atoms with Crippen LogP contribution in [0.4, 0.5) is 0 Å². The Labute approximate surface area is 226 Å². The first-order chi connectivity index (χ1) is 18.9. The Bertz CT molecular complexity index is 1430. The molecule has 0 aromatic heterocycles. The highest BCUT2D eigenvalue weighted by Gasteiger charge is 2.47. The van der Waals surface area contributed by atoms with Gasteiger partial charge in [0.25, 0.3) is 0 Å². The highest BCUT2D eigenvalue weighted by molar-refractivity contribution is 5.88. The number of methoxy groups -OCH3 is 2. The van der Waals surface area contributed by atoms with Gasteiger partial charge in [0.05, 0.1) is 26.7 Å². The fraction of sp³-hybridized carbons (Fsp3) is 0.290. The van der Waals surface area contributed by atoms with Crippen molar-refractivity contribution in [2.75, 3.05) is 27.6 Å². The standard InChI is InChI=1S/C31H30O8/c1-4-13-37-21-8-10-23-24(16-21)29(22-9-7-20(35-2)14-18(22)6-12-27(32)36-3)30(31(33)34)28(23)19-5-11-25-26(15-19)39-17-38-25/h5-12,14-16,28-30H,4,13,17H2,1-3H3,(H,33,34)/b12-6+. The number of hydrogen-bond donors (Lipinski definition) is 1. The number of esters is 1. The summed E-state index contributed by atoms with van der Waals surface area (Å²) < 4.78 is 27.3. The third-order valence-corrected chi connectivity index (χ3v) is 7.19. The Balaban J connectivity index is 1.71. The molecule has 8 nitrogen and oxygen atoms in total. The normalized spacial score (nSPS) is 19.1. The number of ether oxygens (including phenoxy) is 5. The van der Waals surface area contributed by atoms with Crippen molar-refractivity contribution in [1.29, 1.82) is 0 Å². The van der Waals surface area contributed by atoms with Gasteiger partial charge in [-0.25, -0.2) is 4.79 Å². The van der Waals surface area contributed by atoms with Gasteiger partial charge in [-0.3, -0.25) is 4.79 Å². The van der Waals surface area contributed by atoms with Crippen molar-refractivity contribution in [2.45, 2.75) is 25.2 Å². The number of carboxylic acid groups (broad SMARTS) is 1. The van der Waals surface area contributed by atoms with Crippen molar-refractivity contribution in [3.05, 3.63) is 88.5 Å². The summed E-state index contributed by atoms with van der Waals surface area (Å²) >= 11 is 0. The molecular formula is C31H30O8. The second kappa shape index (κ2) is 11.1. The maximum Gasteiger partial charge on any atom is 0.330 e. The zero-order valence-electron chi connectivity index (χ0n) is 22.0. The van der Waals surface area contributed by atoms with Crippen molar-refractivity contribution in [2.24, 2.45) is 5.92 Å². The Morgan fingerprint density at radius 2 is 1.69 bits per heavy atom. The maximum atomic E-state index is 13.1. The van der Waals surface area contributed by atoms with Crippen LogP contribution >= 0.6 is 0 Å². The summed E-state index contributed by atoms with van der Waals surface area (Å²) in [7, 11) is 2.86. The van der Waals surface area contributed by atoms with Gasteiger partial charge in [0.2, 0.25) is 6.79 Å². The van der Waals surface area contributed by atoms with Gasteiger partial charge in [-0.1, -0.05) is 25.1 Å². The first-order valence-corrected chi connectivity index (χ1v) is 12.8. The molecule has 202 valence electrons. The molecule has 0 fully saturated rings. The van der Waals surface area contributed by atoms with Crippen LogP contribution in [0.1, 0.15) is 53.0 Å². The number of rotatable bonds is 9. The molecule has 0 amide bonds. The quantitative estimate of drug-likeness (QED) is 0.291. The zero-order valence-corrected chi connectivity index (χ0v) is 22.0. The number of benzene rings is 3. The van der Waals surface area contributed by atoms with Gasteiger partial charge in [-0.05, 0) is 76.7 Å². The van der Waals surface area contributed by atoms with Gasteiger partial charge in [0.15, 0.2) is 11.5 Å². The molecule has 8 heteroatoms. The molecule has 1 aliphatic heterocycles.